The molecule has 2 amide bonds. The molecule has 0 saturated heterocycles. The van der Waals surface area contributed by atoms with Crippen molar-refractivity contribution in [3.05, 3.63) is 91.0 Å². The zero-order valence-electron chi connectivity index (χ0n) is 27.9. The maximum atomic E-state index is 12.7. The van der Waals surface area contributed by atoms with Gasteiger partial charge in [0.25, 0.3) is 30.4 Å². The lowest BCUT2D eigenvalue weighted by molar-refractivity contribution is 0.262. The van der Waals surface area contributed by atoms with Gasteiger partial charge in [0.1, 0.15) is 26.9 Å². The summed E-state index contributed by atoms with van der Waals surface area (Å²) in [5.74, 6) is -1.28. The number of carbonyl (C=O) groups is 1. The highest BCUT2D eigenvalue weighted by Gasteiger charge is 2.25. The van der Waals surface area contributed by atoms with Gasteiger partial charge in [-0.2, -0.15) is 35.5 Å². The van der Waals surface area contributed by atoms with Crippen LogP contribution in [-0.4, -0.2) is 55.2 Å². The summed E-state index contributed by atoms with van der Waals surface area (Å²) in [6.45, 7) is 0. The number of fused-ring (bicyclic) bond motifs is 2. The van der Waals surface area contributed by atoms with E-state index in [9.17, 15) is 53.9 Å². The number of amides is 2. The van der Waals surface area contributed by atoms with Gasteiger partial charge < -0.3 is 32.3 Å². The molecule has 6 rings (SSSR count). The summed E-state index contributed by atoms with van der Waals surface area (Å²) in [6, 6.07) is 18.5. The number of azo groups is 2. The zero-order chi connectivity index (χ0) is 40.7. The van der Waals surface area contributed by atoms with Crippen LogP contribution in [-0.2, 0) is 30.4 Å². The van der Waals surface area contributed by atoms with Gasteiger partial charge in [-0.25, -0.2) is 4.79 Å². The lowest BCUT2D eigenvalue weighted by Crippen LogP contribution is -2.19. The molecular formula is C33H26N8O12S3. The number of rotatable bonds is 9. The molecule has 0 heterocycles. The average Bonchev–Trinajstić information content (AvgIpc) is 3.10. The van der Waals surface area contributed by atoms with Crippen molar-refractivity contribution in [1.82, 2.24) is 0 Å². The Labute approximate surface area is 316 Å². The predicted octanol–water partition coefficient (Wildman–Crippen LogP) is 6.78. The smallest absolute Gasteiger partial charge is 0.323 e. The summed E-state index contributed by atoms with van der Waals surface area (Å²) in [5.41, 5.74) is 11.5. The number of hydrogen-bond donors (Lipinski definition) is 9. The van der Waals surface area contributed by atoms with Crippen molar-refractivity contribution in [3.8, 4) is 11.5 Å². The van der Waals surface area contributed by atoms with Gasteiger partial charge in [-0.1, -0.05) is 0 Å². The Morgan fingerprint density at radius 2 is 1.07 bits per heavy atom. The van der Waals surface area contributed by atoms with Gasteiger partial charge >= 0.3 is 6.03 Å². The van der Waals surface area contributed by atoms with E-state index in [4.69, 9.17) is 11.5 Å². The summed E-state index contributed by atoms with van der Waals surface area (Å²) in [4.78, 5) is 10.3. The van der Waals surface area contributed by atoms with Crippen molar-refractivity contribution in [2.75, 3.05) is 22.1 Å². The van der Waals surface area contributed by atoms with Crippen LogP contribution in [0.5, 0.6) is 11.5 Å². The molecule has 0 aromatic heterocycles. The number of nitrogens with one attached hydrogen (secondary N) is 2. The van der Waals surface area contributed by atoms with Crippen LogP contribution in [0.4, 0.5) is 50.3 Å². The van der Waals surface area contributed by atoms with E-state index < -0.39 is 79.6 Å². The number of nitrogens with two attached hydrogens (primary N) is 2. The average molecular weight is 823 g/mol. The Balaban J connectivity index is 1.15. The molecule has 0 saturated carbocycles. The van der Waals surface area contributed by atoms with E-state index in [0.717, 1.165) is 18.2 Å². The van der Waals surface area contributed by atoms with Gasteiger partial charge in [-0.15, -0.1) is 10.2 Å². The standard InChI is InChI=1S/C33H26N8O12S3/c34-18-1-10-24-16(11-18)13-27(56(51,52)53)31(32(24)43)41-39-22-8-4-20(5-9-22)37-33(44)36-19-2-6-21(7-3-19)38-40-30-26(55(48,49)50)14-17-12-23(54(45,46)47)15-25(42)28(17)29(30)35/h1-15,42-43H,34-35H2,(H2,36,37,44)(H,45,46,47)(H,48,49,50)(H,51,52,53). The first-order chi connectivity index (χ1) is 26.2. The first kappa shape index (κ1) is 38.9. The number of phenolic OH excluding ortho intramolecular Hbond substituents is 2. The fourth-order valence-electron chi connectivity index (χ4n) is 5.33. The Morgan fingerprint density at radius 1 is 0.571 bits per heavy atom. The number of hydrogen-bond acceptors (Lipinski definition) is 15. The number of nitrogens with zero attached hydrogens (tertiary/aromatic N) is 4. The number of nitrogen functional groups attached to an aromatic ring is 2. The number of carbonyl (C=O) groups excluding carboxylic acids is 1. The molecule has 0 aliphatic heterocycles. The van der Waals surface area contributed by atoms with Gasteiger partial charge in [-0.05, 0) is 95.7 Å². The first-order valence-electron chi connectivity index (χ1n) is 15.4. The maximum absolute atomic E-state index is 12.7. The number of aromatic hydroxyl groups is 2. The second kappa shape index (κ2) is 14.5. The summed E-state index contributed by atoms with van der Waals surface area (Å²) < 4.78 is 101. The van der Waals surface area contributed by atoms with E-state index in [1.54, 1.807) is 0 Å². The van der Waals surface area contributed by atoms with E-state index in [-0.39, 0.29) is 38.6 Å². The van der Waals surface area contributed by atoms with Crippen LogP contribution in [0.3, 0.4) is 0 Å². The van der Waals surface area contributed by atoms with Crippen LogP contribution < -0.4 is 22.1 Å². The highest BCUT2D eigenvalue weighted by Crippen LogP contribution is 2.44. The molecule has 0 atom stereocenters. The Hall–Kier alpha value is -6.76. The van der Waals surface area contributed by atoms with Crippen molar-refractivity contribution in [2.24, 2.45) is 20.5 Å². The molecule has 0 fully saturated rings. The molecule has 56 heavy (non-hydrogen) atoms. The van der Waals surface area contributed by atoms with E-state index in [2.05, 4.69) is 31.1 Å². The summed E-state index contributed by atoms with van der Waals surface area (Å²) in [7, 11) is -14.7. The van der Waals surface area contributed by atoms with Crippen LogP contribution in [0.15, 0.2) is 126 Å². The normalized spacial score (nSPS) is 12.5. The lowest BCUT2D eigenvalue weighted by atomic mass is 10.1. The maximum Gasteiger partial charge on any atom is 0.323 e. The van der Waals surface area contributed by atoms with Crippen LogP contribution in [0.1, 0.15) is 0 Å². The fraction of sp³-hybridized carbons (Fsp3) is 0. The topological polar surface area (TPSA) is 346 Å². The van der Waals surface area contributed by atoms with Crippen LogP contribution in [0.2, 0.25) is 0 Å². The SMILES string of the molecule is Nc1ccc2c(O)c(N=Nc3ccc(NC(=O)Nc4ccc(N=Nc5c(S(=O)(=O)O)cc6cc(S(=O)(=O)O)cc(O)c6c5N)cc4)cc3)c(S(=O)(=O)O)cc2c1. The summed E-state index contributed by atoms with van der Waals surface area (Å²) in [5, 5.41) is 41.9. The third-order valence-corrected chi connectivity index (χ3v) is 10.4. The minimum Gasteiger partial charge on any atom is -0.507 e. The molecular weight excluding hydrogens is 797 g/mol. The van der Waals surface area contributed by atoms with Crippen LogP contribution >= 0.6 is 0 Å². The second-order valence-corrected chi connectivity index (χ2v) is 15.9. The lowest BCUT2D eigenvalue weighted by Gasteiger charge is -2.12. The van der Waals surface area contributed by atoms with Crippen molar-refractivity contribution < 1.29 is 53.9 Å². The minimum atomic E-state index is -5.02. The monoisotopic (exact) mass is 822 g/mol. The molecule has 6 aromatic rings. The number of phenols is 2. The quantitative estimate of drug-likeness (QED) is 0.0412. The molecule has 23 heteroatoms. The molecule has 0 radical (unpaired) electrons. The van der Waals surface area contributed by atoms with Gasteiger partial charge in [0.05, 0.1) is 22.0 Å². The minimum absolute atomic E-state index is 0.123. The third-order valence-electron chi connectivity index (χ3n) is 7.88. The van der Waals surface area contributed by atoms with Crippen LogP contribution in [0, 0.1) is 0 Å². The van der Waals surface area contributed by atoms with Gasteiger partial charge in [0, 0.05) is 33.9 Å². The molecule has 0 aliphatic rings. The Kier molecular flexibility index (Phi) is 10.1. The van der Waals surface area contributed by atoms with Crippen LogP contribution in [0.25, 0.3) is 21.5 Å². The molecule has 11 N–H and O–H groups in total. The van der Waals surface area contributed by atoms with Gasteiger partial charge in [0.2, 0.25) is 0 Å². The molecule has 0 unspecified atom stereocenters. The Bertz CT molecular complexity index is 3000. The largest absolute Gasteiger partial charge is 0.507 e. The summed E-state index contributed by atoms with van der Waals surface area (Å²) in [6.07, 6.45) is 0. The van der Waals surface area contributed by atoms with Gasteiger partial charge in [-0.3, -0.25) is 13.7 Å². The summed E-state index contributed by atoms with van der Waals surface area (Å²) >= 11 is 0. The molecule has 0 aliphatic carbocycles. The molecule has 288 valence electrons. The van der Waals surface area contributed by atoms with E-state index in [0.29, 0.717) is 17.4 Å². The van der Waals surface area contributed by atoms with Crippen molar-refractivity contribution >= 4 is 103 Å². The fourth-order valence-corrected chi connectivity index (χ4v) is 7.20. The zero-order valence-corrected chi connectivity index (χ0v) is 30.4. The van der Waals surface area contributed by atoms with E-state index >= 15 is 0 Å². The highest BCUT2D eigenvalue weighted by molar-refractivity contribution is 7.86. The van der Waals surface area contributed by atoms with Crippen molar-refractivity contribution in [2.45, 2.75) is 14.7 Å². The Morgan fingerprint density at radius 3 is 1.59 bits per heavy atom. The first-order valence-corrected chi connectivity index (χ1v) is 19.7. The molecule has 0 bridgehead atoms. The number of benzene rings is 6. The number of urea groups is 1. The second-order valence-electron chi connectivity index (χ2n) is 11.7. The molecule has 6 aromatic carbocycles. The van der Waals surface area contributed by atoms with Gasteiger partial charge in [0.15, 0.2) is 5.75 Å². The van der Waals surface area contributed by atoms with Crippen molar-refractivity contribution in [1.29, 1.82) is 0 Å². The third kappa shape index (κ3) is 8.31. The number of anilines is 4. The molecule has 20 nitrogen and oxygen atoms in total. The van der Waals surface area contributed by atoms with E-state index in [1.807, 2.05) is 0 Å². The van der Waals surface area contributed by atoms with Crippen molar-refractivity contribution in [3.63, 3.8) is 0 Å². The highest BCUT2D eigenvalue weighted by atomic mass is 32.2. The predicted molar refractivity (Wildman–Crippen MR) is 203 cm³/mol. The van der Waals surface area contributed by atoms with E-state index in [1.165, 1.54) is 66.7 Å². The molecule has 0 spiro atoms.